The van der Waals surface area contributed by atoms with E-state index in [1.807, 2.05) is 31.2 Å². The summed E-state index contributed by atoms with van der Waals surface area (Å²) >= 11 is 0. The third-order valence-corrected chi connectivity index (χ3v) is 2.72. The molecule has 3 nitrogen and oxygen atoms in total. The molecule has 1 aromatic carbocycles. The second-order valence-corrected chi connectivity index (χ2v) is 5.12. The van der Waals surface area contributed by atoms with Crippen molar-refractivity contribution in [3.8, 4) is 0 Å². The lowest BCUT2D eigenvalue weighted by Crippen LogP contribution is -2.07. The summed E-state index contributed by atoms with van der Waals surface area (Å²) in [6, 6.07) is 7.87. The number of benzene rings is 1. The molecule has 108 valence electrons. The molecule has 0 aliphatic carbocycles. The van der Waals surface area contributed by atoms with Crippen LogP contribution in [0.25, 0.3) is 0 Å². The van der Waals surface area contributed by atoms with Gasteiger partial charge in [-0.25, -0.2) is 0 Å². The van der Waals surface area contributed by atoms with E-state index in [1.54, 1.807) is 6.92 Å². The average molecular weight is 266 g/mol. The Balaban J connectivity index is 0.000000711. The lowest BCUT2D eigenvalue weighted by atomic mass is 9.97. The maximum absolute atomic E-state index is 10.8. The number of hydrogen-bond donors (Lipinski definition) is 2. The van der Waals surface area contributed by atoms with Crippen LogP contribution in [-0.2, 0) is 11.2 Å². The lowest BCUT2D eigenvalue weighted by Gasteiger charge is -2.09. The van der Waals surface area contributed by atoms with E-state index in [0.29, 0.717) is 12.5 Å². The Kier molecular flexibility index (Phi) is 8.88. The summed E-state index contributed by atoms with van der Waals surface area (Å²) in [6.07, 6.45) is 1.92. The average Bonchev–Trinajstić information content (AvgIpc) is 2.38. The number of hydrogen-bond acceptors (Lipinski definition) is 2. The number of aliphatic hydroxyl groups excluding tert-OH is 1. The Labute approximate surface area is 116 Å². The minimum atomic E-state index is -0.772. The van der Waals surface area contributed by atoms with Crippen molar-refractivity contribution >= 4 is 5.97 Å². The summed E-state index contributed by atoms with van der Waals surface area (Å²) in [5.74, 6) is -0.558. The Morgan fingerprint density at radius 1 is 1.16 bits per heavy atom. The van der Waals surface area contributed by atoms with Crippen molar-refractivity contribution in [1.29, 1.82) is 0 Å². The highest BCUT2D eigenvalue weighted by atomic mass is 16.4. The Bertz CT molecular complexity index is 353. The molecule has 3 heteroatoms. The highest BCUT2D eigenvalue weighted by Crippen LogP contribution is 2.17. The quantitative estimate of drug-likeness (QED) is 0.858. The van der Waals surface area contributed by atoms with Gasteiger partial charge in [-0.15, -0.1) is 0 Å². The number of aliphatic hydroxyl groups is 1. The monoisotopic (exact) mass is 266 g/mol. The SMILES string of the molecule is CC(C)Cc1ccc(C(C)C(=O)O)cc1.CCCO. The third-order valence-electron chi connectivity index (χ3n) is 2.72. The largest absolute Gasteiger partial charge is 0.481 e. The Morgan fingerprint density at radius 2 is 1.63 bits per heavy atom. The van der Waals surface area contributed by atoms with Gasteiger partial charge >= 0.3 is 5.97 Å². The Hall–Kier alpha value is -1.35. The molecule has 0 heterocycles. The van der Waals surface area contributed by atoms with Crippen LogP contribution in [0.4, 0.5) is 0 Å². The zero-order chi connectivity index (χ0) is 14.8. The molecule has 0 amide bonds. The molecule has 0 saturated carbocycles. The first-order valence-corrected chi connectivity index (χ1v) is 6.84. The molecule has 0 radical (unpaired) electrons. The predicted molar refractivity (Wildman–Crippen MR) is 78.4 cm³/mol. The fourth-order valence-electron chi connectivity index (χ4n) is 1.56. The van der Waals surface area contributed by atoms with E-state index in [1.165, 1.54) is 5.56 Å². The molecule has 2 N–H and O–H groups in total. The van der Waals surface area contributed by atoms with E-state index in [2.05, 4.69) is 13.8 Å². The normalized spacial score (nSPS) is 11.7. The maximum atomic E-state index is 10.8. The number of rotatable bonds is 5. The zero-order valence-corrected chi connectivity index (χ0v) is 12.4. The van der Waals surface area contributed by atoms with Crippen molar-refractivity contribution in [2.75, 3.05) is 6.61 Å². The van der Waals surface area contributed by atoms with Crippen LogP contribution in [0.5, 0.6) is 0 Å². The first-order chi connectivity index (χ1) is 8.92. The van der Waals surface area contributed by atoms with Crippen molar-refractivity contribution in [2.45, 2.75) is 46.5 Å². The fraction of sp³-hybridized carbons (Fsp3) is 0.562. The minimum Gasteiger partial charge on any atom is -0.481 e. The topological polar surface area (TPSA) is 57.5 Å². The van der Waals surface area contributed by atoms with E-state index < -0.39 is 11.9 Å². The van der Waals surface area contributed by atoms with Gasteiger partial charge in [0.15, 0.2) is 0 Å². The second-order valence-electron chi connectivity index (χ2n) is 5.12. The standard InChI is InChI=1S/C13H18O2.C3H8O/c1-9(2)8-11-4-6-12(7-5-11)10(3)13(14)15;1-2-3-4/h4-7,9-10H,8H2,1-3H3,(H,14,15);4H,2-3H2,1H3. The molecule has 1 rings (SSSR count). The van der Waals surface area contributed by atoms with Gasteiger partial charge in [0.1, 0.15) is 0 Å². The van der Waals surface area contributed by atoms with Gasteiger partial charge < -0.3 is 10.2 Å². The first-order valence-electron chi connectivity index (χ1n) is 6.84. The van der Waals surface area contributed by atoms with Crippen molar-refractivity contribution in [3.05, 3.63) is 35.4 Å². The summed E-state index contributed by atoms with van der Waals surface area (Å²) in [7, 11) is 0. The smallest absolute Gasteiger partial charge is 0.310 e. The molecule has 1 aromatic rings. The van der Waals surface area contributed by atoms with Crippen LogP contribution in [0.1, 0.15) is 51.2 Å². The molecule has 0 fully saturated rings. The van der Waals surface area contributed by atoms with Gasteiger partial charge in [-0.3, -0.25) is 4.79 Å². The van der Waals surface area contributed by atoms with Gasteiger partial charge in [0.25, 0.3) is 0 Å². The Morgan fingerprint density at radius 3 is 1.95 bits per heavy atom. The van der Waals surface area contributed by atoms with Crippen LogP contribution in [0.2, 0.25) is 0 Å². The number of carbonyl (C=O) groups is 1. The van der Waals surface area contributed by atoms with Crippen LogP contribution in [0.15, 0.2) is 24.3 Å². The summed E-state index contributed by atoms with van der Waals surface area (Å²) in [6.45, 7) is 8.31. The van der Waals surface area contributed by atoms with E-state index in [0.717, 1.165) is 18.4 Å². The van der Waals surface area contributed by atoms with Gasteiger partial charge in [-0.2, -0.15) is 0 Å². The highest BCUT2D eigenvalue weighted by Gasteiger charge is 2.12. The number of carboxylic acids is 1. The molecule has 0 aliphatic heterocycles. The second kappa shape index (κ2) is 9.56. The van der Waals surface area contributed by atoms with Gasteiger partial charge in [-0.05, 0) is 36.8 Å². The van der Waals surface area contributed by atoms with Crippen LogP contribution in [-0.4, -0.2) is 22.8 Å². The van der Waals surface area contributed by atoms with Gasteiger partial charge in [0.2, 0.25) is 0 Å². The van der Waals surface area contributed by atoms with Crippen molar-refractivity contribution in [2.24, 2.45) is 5.92 Å². The van der Waals surface area contributed by atoms with Crippen LogP contribution in [0.3, 0.4) is 0 Å². The van der Waals surface area contributed by atoms with Gasteiger partial charge in [0.05, 0.1) is 5.92 Å². The van der Waals surface area contributed by atoms with E-state index in [-0.39, 0.29) is 0 Å². The molecule has 1 atom stereocenters. The third kappa shape index (κ3) is 7.62. The lowest BCUT2D eigenvalue weighted by molar-refractivity contribution is -0.138. The van der Waals surface area contributed by atoms with Crippen molar-refractivity contribution in [1.82, 2.24) is 0 Å². The molecule has 0 aliphatic rings. The van der Waals surface area contributed by atoms with Crippen molar-refractivity contribution in [3.63, 3.8) is 0 Å². The molecule has 0 bridgehead atoms. The summed E-state index contributed by atoms with van der Waals surface area (Å²) in [5, 5.41) is 16.7. The minimum absolute atomic E-state index is 0.319. The molecule has 0 aromatic heterocycles. The van der Waals surface area contributed by atoms with Crippen LogP contribution in [0, 0.1) is 5.92 Å². The first kappa shape index (κ1) is 17.6. The zero-order valence-electron chi connectivity index (χ0n) is 12.4. The molecule has 1 unspecified atom stereocenters. The predicted octanol–water partition coefficient (Wildman–Crippen LogP) is 3.46. The molecule has 0 saturated heterocycles. The highest BCUT2D eigenvalue weighted by molar-refractivity contribution is 5.75. The summed E-state index contributed by atoms with van der Waals surface area (Å²) < 4.78 is 0. The van der Waals surface area contributed by atoms with Crippen LogP contribution >= 0.6 is 0 Å². The van der Waals surface area contributed by atoms with Crippen LogP contribution < -0.4 is 0 Å². The molecule has 0 spiro atoms. The van der Waals surface area contributed by atoms with E-state index in [4.69, 9.17) is 10.2 Å². The number of carboxylic acid groups (broad SMARTS) is 1. The number of aliphatic carboxylic acids is 1. The maximum Gasteiger partial charge on any atom is 0.310 e. The fourth-order valence-corrected chi connectivity index (χ4v) is 1.56. The summed E-state index contributed by atoms with van der Waals surface area (Å²) in [4.78, 5) is 10.8. The summed E-state index contributed by atoms with van der Waals surface area (Å²) in [5.41, 5.74) is 2.14. The molecule has 19 heavy (non-hydrogen) atoms. The van der Waals surface area contributed by atoms with Gasteiger partial charge in [-0.1, -0.05) is 45.0 Å². The van der Waals surface area contributed by atoms with E-state index in [9.17, 15) is 4.79 Å². The van der Waals surface area contributed by atoms with Crippen molar-refractivity contribution < 1.29 is 15.0 Å². The van der Waals surface area contributed by atoms with E-state index >= 15 is 0 Å². The molecular weight excluding hydrogens is 240 g/mol. The van der Waals surface area contributed by atoms with Gasteiger partial charge in [0, 0.05) is 6.61 Å². The molecular formula is C16H26O3.